The van der Waals surface area contributed by atoms with Crippen molar-refractivity contribution in [1.82, 2.24) is 0 Å². The molecule has 0 bridgehead atoms. The molecule has 0 radical (unpaired) electrons. The molecule has 0 fully saturated rings. The summed E-state index contributed by atoms with van der Waals surface area (Å²) >= 11 is 3.82. The molecule has 0 saturated heterocycles. The second-order valence-corrected chi connectivity index (χ2v) is 13.9. The zero-order valence-corrected chi connectivity index (χ0v) is 26.5. The van der Waals surface area contributed by atoms with Crippen molar-refractivity contribution in [2.75, 3.05) is 0 Å². The van der Waals surface area contributed by atoms with E-state index in [1.54, 1.807) is 0 Å². The highest BCUT2D eigenvalue weighted by Gasteiger charge is 2.21. The Hall–Kier alpha value is -5.28. The Bertz CT molecular complexity index is 2740. The van der Waals surface area contributed by atoms with Crippen LogP contribution in [0.3, 0.4) is 0 Å². The zero-order valence-electron chi connectivity index (χ0n) is 24.8. The highest BCUT2D eigenvalue weighted by atomic mass is 32.1. The van der Waals surface area contributed by atoms with Crippen LogP contribution in [0.1, 0.15) is 0 Å². The fourth-order valence-electron chi connectivity index (χ4n) is 7.54. The fourth-order valence-corrected chi connectivity index (χ4v) is 10.1. The monoisotopic (exact) mass is 618 g/mol. The molecule has 2 aromatic heterocycles. The molecule has 0 N–H and O–H groups in total. The Morgan fingerprint density at radius 1 is 0.304 bits per heavy atom. The molecule has 46 heavy (non-hydrogen) atoms. The highest BCUT2D eigenvalue weighted by Crippen LogP contribution is 2.50. The van der Waals surface area contributed by atoms with Crippen molar-refractivity contribution in [3.63, 3.8) is 0 Å². The van der Waals surface area contributed by atoms with Crippen LogP contribution in [0.2, 0.25) is 0 Å². The van der Waals surface area contributed by atoms with Crippen LogP contribution in [-0.4, -0.2) is 0 Å². The van der Waals surface area contributed by atoms with Gasteiger partial charge >= 0.3 is 0 Å². The molecule has 214 valence electrons. The van der Waals surface area contributed by atoms with Crippen molar-refractivity contribution >= 4 is 85.2 Å². The predicted octanol–water partition coefficient (Wildman–Crippen LogP) is 13.7. The molecule has 2 heterocycles. The lowest BCUT2D eigenvalue weighted by Crippen LogP contribution is -1.91. The summed E-state index contributed by atoms with van der Waals surface area (Å²) in [5.74, 6) is 0. The van der Waals surface area contributed by atoms with Crippen LogP contribution in [-0.2, 0) is 0 Å². The van der Waals surface area contributed by atoms with Gasteiger partial charge in [0.2, 0.25) is 0 Å². The summed E-state index contributed by atoms with van der Waals surface area (Å²) in [6.45, 7) is 0. The quantitative estimate of drug-likeness (QED) is 0.173. The van der Waals surface area contributed by atoms with Crippen molar-refractivity contribution in [1.29, 1.82) is 0 Å². The van der Waals surface area contributed by atoms with E-state index in [4.69, 9.17) is 0 Å². The maximum Gasteiger partial charge on any atom is 0.0534 e. The Morgan fingerprint density at radius 3 is 1.57 bits per heavy atom. The van der Waals surface area contributed by atoms with Gasteiger partial charge in [-0.1, -0.05) is 152 Å². The minimum absolute atomic E-state index is 1.27. The SMILES string of the molecule is c1ccc(-c2csc3c2ccc2c4cccc(-c5c6ccccc6c(-c6cccc7ccccc67)c6ccccc56)c4sc23)cc1. The molecule has 0 unspecified atom stereocenters. The third kappa shape index (κ3) is 3.72. The van der Waals surface area contributed by atoms with E-state index in [1.807, 2.05) is 22.7 Å². The van der Waals surface area contributed by atoms with Gasteiger partial charge in [-0.2, -0.15) is 0 Å². The number of benzene rings is 8. The predicted molar refractivity (Wildman–Crippen MR) is 204 cm³/mol. The summed E-state index contributed by atoms with van der Waals surface area (Å²) < 4.78 is 4.12. The van der Waals surface area contributed by atoms with Gasteiger partial charge in [0, 0.05) is 32.0 Å². The number of rotatable bonds is 3. The first kappa shape index (κ1) is 26.0. The largest absolute Gasteiger partial charge is 0.142 e. The Morgan fingerprint density at radius 2 is 0.826 bits per heavy atom. The van der Waals surface area contributed by atoms with Crippen LogP contribution in [0, 0.1) is 0 Å². The second kappa shape index (κ2) is 10.1. The minimum Gasteiger partial charge on any atom is -0.142 e. The van der Waals surface area contributed by atoms with Crippen LogP contribution in [0.25, 0.3) is 96.0 Å². The van der Waals surface area contributed by atoms with E-state index in [2.05, 4.69) is 157 Å². The molecule has 0 nitrogen and oxygen atoms in total. The van der Waals surface area contributed by atoms with Crippen molar-refractivity contribution < 1.29 is 0 Å². The van der Waals surface area contributed by atoms with Gasteiger partial charge in [0.05, 0.1) is 9.40 Å². The zero-order chi connectivity index (χ0) is 30.2. The van der Waals surface area contributed by atoms with Gasteiger partial charge in [-0.15, -0.1) is 22.7 Å². The summed E-state index contributed by atoms with van der Waals surface area (Å²) in [5, 5.41) is 14.1. The van der Waals surface area contributed by atoms with Gasteiger partial charge in [-0.25, -0.2) is 0 Å². The molecule has 2 heteroatoms. The first-order valence-corrected chi connectivity index (χ1v) is 17.4. The van der Waals surface area contributed by atoms with Gasteiger partial charge in [0.15, 0.2) is 0 Å². The molecule has 10 aromatic rings. The summed E-state index contributed by atoms with van der Waals surface area (Å²) in [5.41, 5.74) is 7.82. The Kier molecular flexibility index (Phi) is 5.72. The maximum atomic E-state index is 2.35. The first-order valence-electron chi connectivity index (χ1n) is 15.7. The summed E-state index contributed by atoms with van der Waals surface area (Å²) in [6.07, 6.45) is 0. The standard InChI is InChI=1S/C44H26S2/c1-2-12-28(13-3-1)39-26-45-43-37(39)25-24-36-35-22-11-23-38(42(35)46-44(36)43)41-33-19-8-6-17-31(33)40(32-18-7-9-20-34(32)41)30-21-10-15-27-14-4-5-16-29(27)30/h1-26H. The van der Waals surface area contributed by atoms with E-state index in [0.29, 0.717) is 0 Å². The molecule has 0 spiro atoms. The molecule has 0 atom stereocenters. The molecular formula is C44H26S2. The molecule has 8 aromatic carbocycles. The van der Waals surface area contributed by atoms with Gasteiger partial charge in [0.25, 0.3) is 0 Å². The van der Waals surface area contributed by atoms with Gasteiger partial charge < -0.3 is 0 Å². The smallest absolute Gasteiger partial charge is 0.0534 e. The van der Waals surface area contributed by atoms with Crippen LogP contribution in [0.15, 0.2) is 157 Å². The van der Waals surface area contributed by atoms with Gasteiger partial charge in [-0.05, 0) is 60.0 Å². The van der Waals surface area contributed by atoms with Crippen LogP contribution in [0.5, 0.6) is 0 Å². The average molecular weight is 619 g/mol. The van der Waals surface area contributed by atoms with E-state index in [-0.39, 0.29) is 0 Å². The van der Waals surface area contributed by atoms with Gasteiger partial charge in [-0.3, -0.25) is 0 Å². The van der Waals surface area contributed by atoms with Crippen molar-refractivity contribution in [2.24, 2.45) is 0 Å². The summed E-state index contributed by atoms with van der Waals surface area (Å²) in [6, 6.07) is 55.8. The molecule has 0 aliphatic heterocycles. The Labute approximate surface area is 274 Å². The lowest BCUT2D eigenvalue weighted by atomic mass is 9.84. The Balaban J connectivity index is 1.30. The van der Waals surface area contributed by atoms with Crippen molar-refractivity contribution in [3.8, 4) is 33.4 Å². The van der Waals surface area contributed by atoms with Crippen molar-refractivity contribution in [2.45, 2.75) is 0 Å². The lowest BCUT2D eigenvalue weighted by molar-refractivity contribution is 1.69. The normalized spacial score (nSPS) is 11.9. The van der Waals surface area contributed by atoms with E-state index in [0.717, 1.165) is 0 Å². The molecular weight excluding hydrogens is 593 g/mol. The topological polar surface area (TPSA) is 0 Å². The van der Waals surface area contributed by atoms with Gasteiger partial charge in [0.1, 0.15) is 0 Å². The van der Waals surface area contributed by atoms with Crippen LogP contribution < -0.4 is 0 Å². The summed E-state index contributed by atoms with van der Waals surface area (Å²) in [4.78, 5) is 0. The number of fused-ring (bicyclic) bond motifs is 8. The van der Waals surface area contributed by atoms with Crippen LogP contribution in [0.4, 0.5) is 0 Å². The third-order valence-corrected chi connectivity index (χ3v) is 12.0. The molecule has 0 saturated carbocycles. The molecule has 0 aliphatic rings. The van der Waals surface area contributed by atoms with E-state index >= 15 is 0 Å². The summed E-state index contributed by atoms with van der Waals surface area (Å²) in [7, 11) is 0. The van der Waals surface area contributed by atoms with E-state index in [1.165, 1.54) is 96.0 Å². The third-order valence-electron chi connectivity index (χ3n) is 9.55. The lowest BCUT2D eigenvalue weighted by Gasteiger charge is -2.19. The van der Waals surface area contributed by atoms with E-state index in [9.17, 15) is 0 Å². The average Bonchev–Trinajstić information content (AvgIpc) is 3.73. The van der Waals surface area contributed by atoms with Crippen molar-refractivity contribution in [3.05, 3.63) is 157 Å². The highest BCUT2D eigenvalue weighted by molar-refractivity contribution is 7.31. The minimum atomic E-state index is 1.27. The maximum absolute atomic E-state index is 2.35. The van der Waals surface area contributed by atoms with Crippen LogP contribution >= 0.6 is 22.7 Å². The fraction of sp³-hybridized carbons (Fsp3) is 0. The molecule has 0 aliphatic carbocycles. The number of hydrogen-bond acceptors (Lipinski definition) is 2. The number of hydrogen-bond donors (Lipinski definition) is 0. The number of thiophene rings is 2. The second-order valence-electron chi connectivity index (χ2n) is 12.0. The molecule has 0 amide bonds. The van der Waals surface area contributed by atoms with E-state index < -0.39 is 0 Å². The first-order chi connectivity index (χ1) is 22.8. The molecule has 10 rings (SSSR count).